The van der Waals surface area contributed by atoms with Crippen molar-refractivity contribution >= 4 is 11.9 Å². The second-order valence-electron chi connectivity index (χ2n) is 6.32. The molecule has 0 saturated carbocycles. The summed E-state index contributed by atoms with van der Waals surface area (Å²) < 4.78 is 5.32. The number of hydrogen-bond donors (Lipinski definition) is 2. The highest BCUT2D eigenvalue weighted by atomic mass is 16.5. The van der Waals surface area contributed by atoms with E-state index in [-0.39, 0.29) is 5.91 Å². The normalized spacial score (nSPS) is 14.8. The van der Waals surface area contributed by atoms with Crippen molar-refractivity contribution in [3.8, 4) is 0 Å². The molecule has 0 atom stereocenters. The second-order valence-corrected chi connectivity index (χ2v) is 6.32. The lowest BCUT2D eigenvalue weighted by molar-refractivity contribution is 0.0383. The Labute approximate surface area is 153 Å². The van der Waals surface area contributed by atoms with Crippen LogP contribution in [0.4, 0.5) is 5.95 Å². The number of carbonyl (C=O) groups excluding carboxylic acids is 1. The van der Waals surface area contributed by atoms with Gasteiger partial charge in [0.1, 0.15) is 5.69 Å². The van der Waals surface area contributed by atoms with Crippen LogP contribution in [-0.2, 0) is 11.3 Å². The highest BCUT2D eigenvalue weighted by Crippen LogP contribution is 2.07. The van der Waals surface area contributed by atoms with Crippen molar-refractivity contribution in [1.29, 1.82) is 0 Å². The maximum Gasteiger partial charge on any atom is 0.270 e. The zero-order valence-corrected chi connectivity index (χ0v) is 15.1. The van der Waals surface area contributed by atoms with E-state index >= 15 is 0 Å². The molecule has 7 heteroatoms. The predicted molar refractivity (Wildman–Crippen MR) is 100 cm³/mol. The number of aromatic nitrogens is 2. The quantitative estimate of drug-likeness (QED) is 0.783. The van der Waals surface area contributed by atoms with Gasteiger partial charge >= 0.3 is 0 Å². The molecule has 0 bridgehead atoms. The van der Waals surface area contributed by atoms with Gasteiger partial charge in [0.05, 0.1) is 13.2 Å². The molecule has 0 unspecified atom stereocenters. The van der Waals surface area contributed by atoms with E-state index in [1.807, 2.05) is 12.1 Å². The first-order valence-electron chi connectivity index (χ1n) is 8.91. The molecule has 0 radical (unpaired) electrons. The van der Waals surface area contributed by atoms with Crippen molar-refractivity contribution in [1.82, 2.24) is 20.2 Å². The van der Waals surface area contributed by atoms with Crippen LogP contribution in [0.1, 0.15) is 21.6 Å². The third kappa shape index (κ3) is 5.50. The van der Waals surface area contributed by atoms with Crippen LogP contribution in [0.2, 0.25) is 0 Å². The van der Waals surface area contributed by atoms with Gasteiger partial charge in [0.2, 0.25) is 5.95 Å². The Morgan fingerprint density at radius 2 is 2.12 bits per heavy atom. The number of carbonyl (C=O) groups is 1. The summed E-state index contributed by atoms with van der Waals surface area (Å²) in [4.78, 5) is 23.1. The third-order valence-corrected chi connectivity index (χ3v) is 4.24. The smallest absolute Gasteiger partial charge is 0.270 e. The summed E-state index contributed by atoms with van der Waals surface area (Å²) in [5.74, 6) is 0.270. The molecule has 1 aromatic carbocycles. The second kappa shape index (κ2) is 9.26. The SMILES string of the molecule is Cc1cccc(CNc2nccc(C(=O)NCCN3CCOCC3)n2)c1. The summed E-state index contributed by atoms with van der Waals surface area (Å²) >= 11 is 0. The molecule has 7 nitrogen and oxygen atoms in total. The van der Waals surface area contributed by atoms with E-state index in [1.54, 1.807) is 12.3 Å². The molecule has 1 aromatic heterocycles. The van der Waals surface area contributed by atoms with Crippen molar-refractivity contribution in [2.75, 3.05) is 44.7 Å². The number of amides is 1. The van der Waals surface area contributed by atoms with E-state index in [9.17, 15) is 4.79 Å². The predicted octanol–water partition coefficient (Wildman–Crippen LogP) is 1.46. The fourth-order valence-electron chi connectivity index (χ4n) is 2.82. The molecule has 1 amide bonds. The molecule has 1 aliphatic heterocycles. The van der Waals surface area contributed by atoms with Gasteiger partial charge in [-0.25, -0.2) is 9.97 Å². The number of ether oxygens (including phenoxy) is 1. The number of benzene rings is 1. The van der Waals surface area contributed by atoms with Crippen molar-refractivity contribution in [3.05, 3.63) is 53.3 Å². The maximum absolute atomic E-state index is 12.3. The summed E-state index contributed by atoms with van der Waals surface area (Å²) in [5.41, 5.74) is 2.72. The van der Waals surface area contributed by atoms with E-state index < -0.39 is 0 Å². The first kappa shape index (κ1) is 18.3. The molecular weight excluding hydrogens is 330 g/mol. The highest BCUT2D eigenvalue weighted by Gasteiger charge is 2.12. The number of rotatable bonds is 7. The Hall–Kier alpha value is -2.51. The summed E-state index contributed by atoms with van der Waals surface area (Å²) in [6.07, 6.45) is 1.60. The van der Waals surface area contributed by atoms with Crippen LogP contribution in [0.15, 0.2) is 36.5 Å². The lowest BCUT2D eigenvalue weighted by Gasteiger charge is -2.26. The average Bonchev–Trinajstić information content (AvgIpc) is 2.67. The van der Waals surface area contributed by atoms with Crippen LogP contribution < -0.4 is 10.6 Å². The van der Waals surface area contributed by atoms with Crippen molar-refractivity contribution < 1.29 is 9.53 Å². The molecule has 138 valence electrons. The number of anilines is 1. The zero-order valence-electron chi connectivity index (χ0n) is 15.1. The third-order valence-electron chi connectivity index (χ3n) is 4.24. The van der Waals surface area contributed by atoms with Gasteiger partial charge in [-0.3, -0.25) is 9.69 Å². The lowest BCUT2D eigenvalue weighted by atomic mass is 10.1. The van der Waals surface area contributed by atoms with E-state index in [1.165, 1.54) is 5.56 Å². The van der Waals surface area contributed by atoms with Gasteiger partial charge in [-0.15, -0.1) is 0 Å². The molecule has 1 fully saturated rings. The van der Waals surface area contributed by atoms with Gasteiger partial charge in [0, 0.05) is 38.9 Å². The Bertz CT molecular complexity index is 731. The first-order chi connectivity index (χ1) is 12.7. The molecule has 2 aromatic rings. The van der Waals surface area contributed by atoms with Crippen molar-refractivity contribution in [3.63, 3.8) is 0 Å². The standard InChI is InChI=1S/C19H25N5O2/c1-15-3-2-4-16(13-15)14-22-19-21-6-5-17(23-19)18(25)20-7-8-24-9-11-26-12-10-24/h2-6,13H,7-12,14H2,1H3,(H,20,25)(H,21,22,23). The van der Waals surface area contributed by atoms with E-state index in [2.05, 4.69) is 44.6 Å². The number of nitrogens with one attached hydrogen (secondary N) is 2. The highest BCUT2D eigenvalue weighted by molar-refractivity contribution is 5.92. The molecule has 1 saturated heterocycles. The fourth-order valence-corrected chi connectivity index (χ4v) is 2.82. The Kier molecular flexibility index (Phi) is 6.51. The van der Waals surface area contributed by atoms with Crippen LogP contribution in [0.25, 0.3) is 0 Å². The monoisotopic (exact) mass is 355 g/mol. The van der Waals surface area contributed by atoms with Gasteiger partial charge in [0.25, 0.3) is 5.91 Å². The van der Waals surface area contributed by atoms with Crippen LogP contribution in [0.5, 0.6) is 0 Å². The summed E-state index contributed by atoms with van der Waals surface area (Å²) in [6.45, 7) is 7.43. The minimum atomic E-state index is -0.181. The van der Waals surface area contributed by atoms with Crippen LogP contribution in [-0.4, -0.2) is 60.2 Å². The lowest BCUT2D eigenvalue weighted by Crippen LogP contribution is -2.41. The first-order valence-corrected chi connectivity index (χ1v) is 8.91. The van der Waals surface area contributed by atoms with Crippen LogP contribution in [0.3, 0.4) is 0 Å². The van der Waals surface area contributed by atoms with Gasteiger partial charge in [0.15, 0.2) is 0 Å². The zero-order chi connectivity index (χ0) is 18.2. The average molecular weight is 355 g/mol. The molecule has 0 aliphatic carbocycles. The van der Waals surface area contributed by atoms with E-state index in [0.717, 1.165) is 38.4 Å². The Morgan fingerprint density at radius 3 is 2.92 bits per heavy atom. The van der Waals surface area contributed by atoms with Gasteiger partial charge < -0.3 is 15.4 Å². The van der Waals surface area contributed by atoms with Gasteiger partial charge in [-0.05, 0) is 18.6 Å². The summed E-state index contributed by atoms with van der Waals surface area (Å²) in [6, 6.07) is 9.85. The molecule has 2 N–H and O–H groups in total. The van der Waals surface area contributed by atoms with E-state index in [0.29, 0.717) is 24.7 Å². The molecular formula is C19H25N5O2. The number of hydrogen-bond acceptors (Lipinski definition) is 6. The molecule has 2 heterocycles. The van der Waals surface area contributed by atoms with Crippen molar-refractivity contribution in [2.24, 2.45) is 0 Å². The maximum atomic E-state index is 12.3. The summed E-state index contributed by atoms with van der Waals surface area (Å²) in [5, 5.41) is 6.08. The van der Waals surface area contributed by atoms with E-state index in [4.69, 9.17) is 4.74 Å². The minimum absolute atomic E-state index is 0.181. The molecule has 1 aliphatic rings. The number of aryl methyl sites for hydroxylation is 1. The Balaban J connectivity index is 1.48. The van der Waals surface area contributed by atoms with Gasteiger partial charge in [-0.1, -0.05) is 29.8 Å². The fraction of sp³-hybridized carbons (Fsp3) is 0.421. The molecule has 3 rings (SSSR count). The molecule has 26 heavy (non-hydrogen) atoms. The number of morpholine rings is 1. The Morgan fingerprint density at radius 1 is 1.27 bits per heavy atom. The largest absolute Gasteiger partial charge is 0.379 e. The molecule has 0 spiro atoms. The minimum Gasteiger partial charge on any atom is -0.379 e. The van der Waals surface area contributed by atoms with Crippen LogP contribution in [0, 0.1) is 6.92 Å². The number of nitrogens with zero attached hydrogens (tertiary/aromatic N) is 3. The van der Waals surface area contributed by atoms with Gasteiger partial charge in [-0.2, -0.15) is 0 Å². The topological polar surface area (TPSA) is 79.4 Å². The van der Waals surface area contributed by atoms with Crippen molar-refractivity contribution in [2.45, 2.75) is 13.5 Å². The summed E-state index contributed by atoms with van der Waals surface area (Å²) in [7, 11) is 0. The van der Waals surface area contributed by atoms with Crippen LogP contribution >= 0.6 is 0 Å².